The van der Waals surface area contributed by atoms with Crippen molar-refractivity contribution in [1.29, 1.82) is 0 Å². The van der Waals surface area contributed by atoms with Crippen LogP contribution in [0.4, 0.5) is 23.0 Å². The van der Waals surface area contributed by atoms with Crippen LogP contribution in [0.1, 0.15) is 23.9 Å². The molecule has 0 spiro atoms. The van der Waals surface area contributed by atoms with Crippen LogP contribution in [0.5, 0.6) is 5.75 Å². The van der Waals surface area contributed by atoms with Crippen LogP contribution >= 0.6 is 0 Å². The summed E-state index contributed by atoms with van der Waals surface area (Å²) < 4.78 is 5.47. The zero-order valence-corrected chi connectivity index (χ0v) is 15.6. The Hall–Kier alpha value is -3.08. The minimum atomic E-state index is 0.658. The van der Waals surface area contributed by atoms with E-state index in [1.54, 1.807) is 0 Å². The topological polar surface area (TPSA) is 59.1 Å². The molecule has 0 radical (unpaired) electrons. The average Bonchev–Trinajstić information content (AvgIpc) is 2.60. The van der Waals surface area contributed by atoms with Gasteiger partial charge < -0.3 is 15.4 Å². The number of hydrogen-bond acceptors (Lipinski definition) is 5. The first kappa shape index (κ1) is 17.7. The van der Waals surface area contributed by atoms with Gasteiger partial charge in [-0.3, -0.25) is 0 Å². The molecule has 2 N–H and O–H groups in total. The molecule has 5 nitrogen and oxygen atoms in total. The molecule has 2 aromatic carbocycles. The smallest absolute Gasteiger partial charge is 0.136 e. The Bertz CT molecular complexity index is 891. The Kier molecular flexibility index (Phi) is 5.37. The van der Waals surface area contributed by atoms with Crippen LogP contribution in [0.2, 0.25) is 0 Å². The maximum absolute atomic E-state index is 5.47. The van der Waals surface area contributed by atoms with Crippen molar-refractivity contribution in [1.82, 2.24) is 9.97 Å². The fraction of sp³-hybridized carbons (Fsp3) is 0.238. The quantitative estimate of drug-likeness (QED) is 0.634. The summed E-state index contributed by atoms with van der Waals surface area (Å²) in [5.41, 5.74) is 4.38. The Labute approximate surface area is 154 Å². The van der Waals surface area contributed by atoms with Crippen molar-refractivity contribution in [3.05, 3.63) is 65.5 Å². The molecule has 0 unspecified atom stereocenters. The lowest BCUT2D eigenvalue weighted by atomic mass is 10.1. The average molecular weight is 348 g/mol. The van der Waals surface area contributed by atoms with Crippen LogP contribution in [0.3, 0.4) is 0 Å². The minimum Gasteiger partial charge on any atom is -0.494 e. The summed E-state index contributed by atoms with van der Waals surface area (Å²) in [6.45, 7) is 8.67. The Balaban J connectivity index is 1.80. The number of benzene rings is 2. The molecule has 0 fully saturated rings. The van der Waals surface area contributed by atoms with Crippen LogP contribution in [-0.4, -0.2) is 16.6 Å². The second kappa shape index (κ2) is 7.87. The predicted molar refractivity (Wildman–Crippen MR) is 107 cm³/mol. The molecule has 26 heavy (non-hydrogen) atoms. The van der Waals surface area contributed by atoms with E-state index < -0.39 is 0 Å². The van der Waals surface area contributed by atoms with Gasteiger partial charge in [-0.1, -0.05) is 12.1 Å². The molecular weight excluding hydrogens is 324 g/mol. The van der Waals surface area contributed by atoms with Crippen molar-refractivity contribution in [3.63, 3.8) is 0 Å². The monoisotopic (exact) mass is 348 g/mol. The first-order valence-corrected chi connectivity index (χ1v) is 8.73. The summed E-state index contributed by atoms with van der Waals surface area (Å²) in [6, 6.07) is 16.1. The number of ether oxygens (including phenoxy) is 1. The van der Waals surface area contributed by atoms with Crippen molar-refractivity contribution in [2.24, 2.45) is 0 Å². The number of rotatable bonds is 6. The normalized spacial score (nSPS) is 10.5. The molecule has 134 valence electrons. The van der Waals surface area contributed by atoms with Crippen LogP contribution in [0.15, 0.2) is 48.5 Å². The Morgan fingerprint density at radius 2 is 1.54 bits per heavy atom. The van der Waals surface area contributed by atoms with E-state index in [4.69, 9.17) is 4.74 Å². The molecule has 3 aromatic rings. The molecule has 0 amide bonds. The van der Waals surface area contributed by atoms with Crippen LogP contribution < -0.4 is 15.4 Å². The lowest BCUT2D eigenvalue weighted by Gasteiger charge is -2.13. The van der Waals surface area contributed by atoms with Gasteiger partial charge in [0.15, 0.2) is 0 Å². The molecule has 1 aromatic heterocycles. The largest absolute Gasteiger partial charge is 0.494 e. The molecule has 3 rings (SSSR count). The lowest BCUT2D eigenvalue weighted by Crippen LogP contribution is -2.02. The summed E-state index contributed by atoms with van der Waals surface area (Å²) in [5, 5.41) is 6.71. The van der Waals surface area contributed by atoms with Gasteiger partial charge in [-0.2, -0.15) is 0 Å². The van der Waals surface area contributed by atoms with E-state index in [1.807, 2.05) is 44.2 Å². The summed E-state index contributed by atoms with van der Waals surface area (Å²) in [4.78, 5) is 8.97. The third-order valence-electron chi connectivity index (χ3n) is 3.93. The van der Waals surface area contributed by atoms with Crippen molar-refractivity contribution < 1.29 is 4.74 Å². The van der Waals surface area contributed by atoms with Crippen molar-refractivity contribution in [2.45, 2.75) is 27.7 Å². The molecule has 0 aliphatic carbocycles. The van der Waals surface area contributed by atoms with E-state index in [2.05, 4.69) is 52.6 Å². The van der Waals surface area contributed by atoms with Crippen molar-refractivity contribution in [2.75, 3.05) is 17.2 Å². The number of aryl methyl sites for hydroxylation is 3. The van der Waals surface area contributed by atoms with Gasteiger partial charge in [0.25, 0.3) is 0 Å². The third kappa shape index (κ3) is 4.51. The highest BCUT2D eigenvalue weighted by Gasteiger charge is 2.05. The Morgan fingerprint density at radius 1 is 0.846 bits per heavy atom. The van der Waals surface area contributed by atoms with Gasteiger partial charge >= 0.3 is 0 Å². The van der Waals surface area contributed by atoms with Crippen LogP contribution in [0, 0.1) is 20.8 Å². The molecule has 1 heterocycles. The van der Waals surface area contributed by atoms with Gasteiger partial charge in [0.05, 0.1) is 6.61 Å². The predicted octanol–water partition coefficient (Wildman–Crippen LogP) is 5.29. The molecule has 0 saturated heterocycles. The number of nitrogens with one attached hydrogen (secondary N) is 2. The maximum atomic E-state index is 5.47. The van der Waals surface area contributed by atoms with Gasteiger partial charge in [0.1, 0.15) is 23.2 Å². The summed E-state index contributed by atoms with van der Waals surface area (Å²) in [6.07, 6.45) is 0. The van der Waals surface area contributed by atoms with E-state index in [1.165, 1.54) is 11.1 Å². The first-order valence-electron chi connectivity index (χ1n) is 8.73. The second-order valence-electron chi connectivity index (χ2n) is 6.21. The third-order valence-corrected chi connectivity index (χ3v) is 3.93. The molecule has 0 aliphatic heterocycles. The molecule has 5 heteroatoms. The number of hydrogen-bond donors (Lipinski definition) is 2. The molecule has 0 saturated carbocycles. The fourth-order valence-electron chi connectivity index (χ4n) is 2.65. The summed E-state index contributed by atoms with van der Waals surface area (Å²) >= 11 is 0. The van der Waals surface area contributed by atoms with Crippen molar-refractivity contribution >= 4 is 23.0 Å². The van der Waals surface area contributed by atoms with E-state index in [9.17, 15) is 0 Å². The molecular formula is C21H24N4O. The van der Waals surface area contributed by atoms with Gasteiger partial charge in [0.2, 0.25) is 0 Å². The summed E-state index contributed by atoms with van der Waals surface area (Å²) in [5.74, 6) is 3.07. The van der Waals surface area contributed by atoms with E-state index in [-0.39, 0.29) is 0 Å². The second-order valence-corrected chi connectivity index (χ2v) is 6.21. The lowest BCUT2D eigenvalue weighted by molar-refractivity contribution is 0.340. The van der Waals surface area contributed by atoms with E-state index in [0.29, 0.717) is 12.4 Å². The highest BCUT2D eigenvalue weighted by atomic mass is 16.5. The highest BCUT2D eigenvalue weighted by Crippen LogP contribution is 2.24. The van der Waals surface area contributed by atoms with E-state index in [0.717, 1.165) is 28.8 Å². The standard InChI is InChI=1S/C21H24N4O/c1-5-26-18-10-8-17(9-11-18)24-20-13-21(23-16(4)22-20)25-19-12-14(2)6-7-15(19)3/h6-13H,5H2,1-4H3,(H2,22,23,24,25). The van der Waals surface area contributed by atoms with Gasteiger partial charge in [-0.05, 0) is 69.2 Å². The molecule has 0 bridgehead atoms. The van der Waals surface area contributed by atoms with Gasteiger partial charge in [-0.25, -0.2) is 9.97 Å². The molecule has 0 aliphatic rings. The van der Waals surface area contributed by atoms with Crippen LogP contribution in [0.25, 0.3) is 0 Å². The fourth-order valence-corrected chi connectivity index (χ4v) is 2.65. The van der Waals surface area contributed by atoms with Gasteiger partial charge in [-0.15, -0.1) is 0 Å². The summed E-state index contributed by atoms with van der Waals surface area (Å²) in [7, 11) is 0. The van der Waals surface area contributed by atoms with Crippen molar-refractivity contribution in [3.8, 4) is 5.75 Å². The SMILES string of the molecule is CCOc1ccc(Nc2cc(Nc3cc(C)ccc3C)nc(C)n2)cc1. The minimum absolute atomic E-state index is 0.658. The van der Waals surface area contributed by atoms with Gasteiger partial charge in [0, 0.05) is 17.4 Å². The van der Waals surface area contributed by atoms with E-state index >= 15 is 0 Å². The number of nitrogens with zero attached hydrogens (tertiary/aromatic N) is 2. The van der Waals surface area contributed by atoms with Crippen LogP contribution in [-0.2, 0) is 0 Å². The maximum Gasteiger partial charge on any atom is 0.136 e. The molecule has 0 atom stereocenters. The highest BCUT2D eigenvalue weighted by molar-refractivity contribution is 5.65. The zero-order chi connectivity index (χ0) is 18.5. The number of anilines is 4. The number of aromatic nitrogens is 2. The zero-order valence-electron chi connectivity index (χ0n) is 15.6. The first-order chi connectivity index (χ1) is 12.5. The Morgan fingerprint density at radius 3 is 2.23 bits per heavy atom.